The average molecular weight is 261 g/mol. The summed E-state index contributed by atoms with van der Waals surface area (Å²) in [6.45, 7) is 3.46. The largest absolute Gasteiger partial charge is 0.478 e. The molecular formula is C15H19NO3. The van der Waals surface area contributed by atoms with E-state index >= 15 is 0 Å². The molecule has 1 fully saturated rings. The van der Waals surface area contributed by atoms with Crippen LogP contribution in [0, 0.1) is 28.6 Å². The fourth-order valence-electron chi connectivity index (χ4n) is 2.15. The maximum atomic E-state index is 10.7. The summed E-state index contributed by atoms with van der Waals surface area (Å²) in [6.07, 6.45) is 4.58. The van der Waals surface area contributed by atoms with Crippen LogP contribution in [0.15, 0.2) is 11.6 Å². The Kier molecular flexibility index (Phi) is 4.75. The molecular weight excluding hydrogens is 242 g/mol. The minimum atomic E-state index is -1.40. The number of rotatable bonds is 4. The topological polar surface area (TPSA) is 81.3 Å². The quantitative estimate of drug-likeness (QED) is 0.600. The summed E-state index contributed by atoms with van der Waals surface area (Å²) >= 11 is 0. The van der Waals surface area contributed by atoms with E-state index in [1.807, 2.05) is 6.92 Å². The van der Waals surface area contributed by atoms with Gasteiger partial charge in [0, 0.05) is 11.6 Å². The van der Waals surface area contributed by atoms with Gasteiger partial charge in [-0.3, -0.25) is 0 Å². The summed E-state index contributed by atoms with van der Waals surface area (Å²) in [5.74, 6) is 4.38. The van der Waals surface area contributed by atoms with Gasteiger partial charge in [-0.15, -0.1) is 0 Å². The van der Waals surface area contributed by atoms with Gasteiger partial charge >= 0.3 is 5.97 Å². The molecule has 0 spiro atoms. The van der Waals surface area contributed by atoms with Crippen molar-refractivity contribution in [1.82, 2.24) is 0 Å². The van der Waals surface area contributed by atoms with E-state index in [1.165, 1.54) is 6.92 Å². The smallest absolute Gasteiger partial charge is 0.329 e. The fraction of sp³-hybridized carbons (Fsp3) is 0.600. The van der Waals surface area contributed by atoms with Gasteiger partial charge in [0.1, 0.15) is 5.60 Å². The van der Waals surface area contributed by atoms with Crippen molar-refractivity contribution in [3.05, 3.63) is 11.6 Å². The average Bonchev–Trinajstić information content (AvgIpc) is 2.24. The second-order valence-corrected chi connectivity index (χ2v) is 5.13. The van der Waals surface area contributed by atoms with Crippen molar-refractivity contribution in [3.8, 4) is 17.9 Å². The lowest BCUT2D eigenvalue weighted by Gasteiger charge is -2.43. The van der Waals surface area contributed by atoms with Crippen molar-refractivity contribution in [1.29, 1.82) is 5.26 Å². The number of aliphatic carboxylic acids is 1. The molecule has 4 nitrogen and oxygen atoms in total. The first kappa shape index (κ1) is 15.3. The van der Waals surface area contributed by atoms with Crippen LogP contribution >= 0.6 is 0 Å². The number of carboxylic acid groups (broad SMARTS) is 1. The van der Waals surface area contributed by atoms with Crippen LogP contribution in [0.5, 0.6) is 0 Å². The van der Waals surface area contributed by atoms with Gasteiger partial charge in [0.2, 0.25) is 0 Å². The lowest BCUT2D eigenvalue weighted by Crippen LogP contribution is -2.48. The molecule has 1 aliphatic carbocycles. The molecule has 1 atom stereocenters. The Balaban J connectivity index is 2.96. The molecule has 0 aromatic carbocycles. The number of carbonyl (C=O) groups is 1. The summed E-state index contributed by atoms with van der Waals surface area (Å²) in [7, 11) is 0. The molecule has 1 aliphatic rings. The third kappa shape index (κ3) is 3.36. The molecule has 0 heterocycles. The van der Waals surface area contributed by atoms with Gasteiger partial charge in [0.25, 0.3) is 0 Å². The maximum Gasteiger partial charge on any atom is 0.329 e. The molecule has 0 aromatic rings. The highest BCUT2D eigenvalue weighted by Gasteiger charge is 2.51. The Morgan fingerprint density at radius 1 is 1.53 bits per heavy atom. The van der Waals surface area contributed by atoms with E-state index in [0.29, 0.717) is 24.8 Å². The monoisotopic (exact) mass is 261 g/mol. The Hall–Kier alpha value is -1.78. The van der Waals surface area contributed by atoms with Gasteiger partial charge in [-0.1, -0.05) is 25.2 Å². The van der Waals surface area contributed by atoms with E-state index in [2.05, 4.69) is 17.9 Å². The molecule has 0 saturated heterocycles. The number of hydrogen-bond acceptors (Lipinski definition) is 3. The molecule has 0 aromatic heterocycles. The van der Waals surface area contributed by atoms with Crippen molar-refractivity contribution in [2.45, 2.75) is 51.6 Å². The van der Waals surface area contributed by atoms with Crippen LogP contribution in [0.25, 0.3) is 0 Å². The number of carboxylic acids is 1. The van der Waals surface area contributed by atoms with Crippen LogP contribution < -0.4 is 0 Å². The lowest BCUT2D eigenvalue weighted by molar-refractivity contribution is -0.131. The molecule has 0 amide bonds. The second-order valence-electron chi connectivity index (χ2n) is 5.13. The van der Waals surface area contributed by atoms with E-state index in [9.17, 15) is 15.2 Å². The van der Waals surface area contributed by atoms with E-state index in [-0.39, 0.29) is 0 Å². The Morgan fingerprint density at radius 2 is 2.16 bits per heavy atom. The summed E-state index contributed by atoms with van der Waals surface area (Å²) in [5, 5.41) is 28.3. The van der Waals surface area contributed by atoms with Crippen LogP contribution in [-0.4, -0.2) is 21.8 Å². The summed E-state index contributed by atoms with van der Waals surface area (Å²) in [4.78, 5) is 10.7. The summed E-state index contributed by atoms with van der Waals surface area (Å²) < 4.78 is 0. The van der Waals surface area contributed by atoms with Gasteiger partial charge < -0.3 is 10.2 Å². The van der Waals surface area contributed by atoms with Crippen molar-refractivity contribution in [2.24, 2.45) is 5.41 Å². The van der Waals surface area contributed by atoms with E-state index < -0.39 is 17.0 Å². The van der Waals surface area contributed by atoms with Gasteiger partial charge in [-0.25, -0.2) is 4.79 Å². The minimum Gasteiger partial charge on any atom is -0.478 e. The standard InChI is InChI=1S/C15H19NO3/c1-3-5-12(10-13(17)18)6-9-14(2,19)15(11-16)7-4-8-15/h10,19H,3-5,7-8H2,1-2H3,(H,17,18)/b12-10-/t14-/m0/s1. The van der Waals surface area contributed by atoms with Gasteiger partial charge in [-0.05, 0) is 32.6 Å². The third-order valence-corrected chi connectivity index (χ3v) is 3.64. The number of allylic oxidation sites excluding steroid dienone is 1. The zero-order valence-electron chi connectivity index (χ0n) is 11.4. The Morgan fingerprint density at radius 3 is 2.53 bits per heavy atom. The first-order valence-corrected chi connectivity index (χ1v) is 6.47. The zero-order chi connectivity index (χ0) is 14.5. The minimum absolute atomic E-state index is 0.475. The van der Waals surface area contributed by atoms with Crippen LogP contribution in [0.4, 0.5) is 0 Å². The van der Waals surface area contributed by atoms with Gasteiger partial charge in [0.15, 0.2) is 0 Å². The Labute approximate surface area is 113 Å². The molecule has 2 N–H and O–H groups in total. The maximum absolute atomic E-state index is 10.7. The number of nitrogens with zero attached hydrogens (tertiary/aromatic N) is 1. The van der Waals surface area contributed by atoms with Crippen LogP contribution in [-0.2, 0) is 4.79 Å². The van der Waals surface area contributed by atoms with E-state index in [1.54, 1.807) is 0 Å². The molecule has 0 aliphatic heterocycles. The molecule has 0 radical (unpaired) electrons. The lowest BCUT2D eigenvalue weighted by atomic mass is 9.60. The van der Waals surface area contributed by atoms with Crippen LogP contribution in [0.1, 0.15) is 46.0 Å². The molecule has 0 bridgehead atoms. The predicted molar refractivity (Wildman–Crippen MR) is 70.9 cm³/mol. The molecule has 102 valence electrons. The van der Waals surface area contributed by atoms with Crippen LogP contribution in [0.2, 0.25) is 0 Å². The highest BCUT2D eigenvalue weighted by molar-refractivity contribution is 5.81. The van der Waals surface area contributed by atoms with Crippen molar-refractivity contribution >= 4 is 5.97 Å². The third-order valence-electron chi connectivity index (χ3n) is 3.64. The summed E-state index contributed by atoms with van der Waals surface area (Å²) in [6, 6.07) is 2.16. The highest BCUT2D eigenvalue weighted by Crippen LogP contribution is 2.48. The van der Waals surface area contributed by atoms with Crippen LogP contribution in [0.3, 0.4) is 0 Å². The van der Waals surface area contributed by atoms with Crippen molar-refractivity contribution in [2.75, 3.05) is 0 Å². The molecule has 1 rings (SSSR count). The molecule has 1 saturated carbocycles. The zero-order valence-corrected chi connectivity index (χ0v) is 11.4. The first-order valence-electron chi connectivity index (χ1n) is 6.47. The number of aliphatic hydroxyl groups is 1. The van der Waals surface area contributed by atoms with E-state index in [4.69, 9.17) is 5.11 Å². The van der Waals surface area contributed by atoms with E-state index in [0.717, 1.165) is 18.9 Å². The van der Waals surface area contributed by atoms with Crippen molar-refractivity contribution < 1.29 is 15.0 Å². The summed E-state index contributed by atoms with van der Waals surface area (Å²) in [5.41, 5.74) is -1.73. The van der Waals surface area contributed by atoms with Crippen molar-refractivity contribution in [3.63, 3.8) is 0 Å². The van der Waals surface area contributed by atoms with Gasteiger partial charge in [0.05, 0.1) is 11.5 Å². The fourth-order valence-corrected chi connectivity index (χ4v) is 2.15. The first-order chi connectivity index (χ1) is 8.87. The number of hydrogen-bond donors (Lipinski definition) is 2. The SMILES string of the molecule is CCC/C(C#C[C@](C)(O)C1(C#N)CCC1)=C/C(=O)O. The molecule has 0 unspecified atom stereocenters. The normalized spacial score (nSPS) is 20.2. The van der Waals surface area contributed by atoms with Gasteiger partial charge in [-0.2, -0.15) is 5.26 Å². The molecule has 4 heteroatoms. The second kappa shape index (κ2) is 5.91. The Bertz CT molecular complexity index is 482. The highest BCUT2D eigenvalue weighted by atomic mass is 16.4. The predicted octanol–water partition coefficient (Wildman–Crippen LogP) is 2.25. The molecule has 19 heavy (non-hydrogen) atoms. The number of nitriles is 1.